The molecule has 1 saturated carbocycles. The van der Waals surface area contributed by atoms with E-state index in [4.69, 9.17) is 4.74 Å². The van der Waals surface area contributed by atoms with Gasteiger partial charge < -0.3 is 9.84 Å². The van der Waals surface area contributed by atoms with Crippen LogP contribution in [0.15, 0.2) is 24.3 Å². The fraction of sp³-hybridized carbons (Fsp3) is 0.667. The summed E-state index contributed by atoms with van der Waals surface area (Å²) < 4.78 is 18.9. The van der Waals surface area contributed by atoms with Gasteiger partial charge in [0.2, 0.25) is 0 Å². The number of fused-ring (bicyclic) bond motifs is 1. The standard InChI is InChI=1S/C18H26FNO2/c19-16-8-2-4-10-18(16)22-13-15(21)12-20-11-5-7-14-6-1-3-9-17(14)20/h2,4,8,10,14-15,17,21H,1,3,5-7,9,11-13H2. The van der Waals surface area contributed by atoms with Crippen LogP contribution in [0.3, 0.4) is 0 Å². The van der Waals surface area contributed by atoms with Gasteiger partial charge in [0.05, 0.1) is 0 Å². The lowest BCUT2D eigenvalue weighted by molar-refractivity contribution is 0.00610. The van der Waals surface area contributed by atoms with Gasteiger partial charge in [-0.05, 0) is 50.3 Å². The van der Waals surface area contributed by atoms with Gasteiger partial charge in [-0.3, -0.25) is 4.90 Å². The summed E-state index contributed by atoms with van der Waals surface area (Å²) in [7, 11) is 0. The van der Waals surface area contributed by atoms with Crippen LogP contribution < -0.4 is 4.74 Å². The molecule has 0 spiro atoms. The number of benzene rings is 1. The quantitative estimate of drug-likeness (QED) is 0.906. The molecule has 3 nitrogen and oxygen atoms in total. The van der Waals surface area contributed by atoms with Crippen LogP contribution in [0.4, 0.5) is 4.39 Å². The highest BCUT2D eigenvalue weighted by atomic mass is 19.1. The van der Waals surface area contributed by atoms with Crippen LogP contribution in [0, 0.1) is 11.7 Å². The Hall–Kier alpha value is -1.13. The highest BCUT2D eigenvalue weighted by Gasteiger charge is 2.33. The number of aliphatic hydroxyl groups is 1. The van der Waals surface area contributed by atoms with E-state index in [2.05, 4.69) is 4.90 Å². The molecule has 1 N–H and O–H groups in total. The molecule has 1 aliphatic carbocycles. The highest BCUT2D eigenvalue weighted by molar-refractivity contribution is 5.23. The first-order valence-electron chi connectivity index (χ1n) is 8.53. The van der Waals surface area contributed by atoms with E-state index >= 15 is 0 Å². The molecule has 0 bridgehead atoms. The molecular formula is C18H26FNO2. The Morgan fingerprint density at radius 3 is 2.82 bits per heavy atom. The van der Waals surface area contributed by atoms with E-state index in [0.29, 0.717) is 12.6 Å². The lowest BCUT2D eigenvalue weighted by Crippen LogP contribution is -2.50. The van der Waals surface area contributed by atoms with Gasteiger partial charge in [-0.15, -0.1) is 0 Å². The summed E-state index contributed by atoms with van der Waals surface area (Å²) in [4.78, 5) is 2.43. The van der Waals surface area contributed by atoms with Crippen molar-refractivity contribution in [2.24, 2.45) is 5.92 Å². The van der Waals surface area contributed by atoms with Gasteiger partial charge in [-0.1, -0.05) is 25.0 Å². The average Bonchev–Trinajstić information content (AvgIpc) is 2.54. The van der Waals surface area contributed by atoms with Crippen LogP contribution in [0.5, 0.6) is 5.75 Å². The molecule has 1 aromatic carbocycles. The van der Waals surface area contributed by atoms with Gasteiger partial charge in [0, 0.05) is 12.6 Å². The molecule has 0 amide bonds. The number of halogens is 1. The second kappa shape index (κ2) is 7.42. The largest absolute Gasteiger partial charge is 0.488 e. The van der Waals surface area contributed by atoms with E-state index in [1.54, 1.807) is 18.2 Å². The summed E-state index contributed by atoms with van der Waals surface area (Å²) in [5.74, 6) is 0.651. The lowest BCUT2D eigenvalue weighted by Gasteiger charge is -2.44. The molecule has 3 unspecified atom stereocenters. The van der Waals surface area contributed by atoms with Crippen molar-refractivity contribution >= 4 is 0 Å². The van der Waals surface area contributed by atoms with E-state index in [1.165, 1.54) is 44.6 Å². The Balaban J connectivity index is 1.50. The SMILES string of the molecule is OC(COc1ccccc1F)CN1CCCC2CCCCC21. The summed E-state index contributed by atoms with van der Waals surface area (Å²) in [5.41, 5.74) is 0. The molecule has 22 heavy (non-hydrogen) atoms. The van der Waals surface area contributed by atoms with Crippen molar-refractivity contribution in [1.82, 2.24) is 4.90 Å². The summed E-state index contributed by atoms with van der Waals surface area (Å²) in [5, 5.41) is 10.3. The smallest absolute Gasteiger partial charge is 0.165 e. The zero-order valence-corrected chi connectivity index (χ0v) is 13.1. The number of aliphatic hydroxyl groups excluding tert-OH is 1. The Bertz CT molecular complexity index is 480. The summed E-state index contributed by atoms with van der Waals surface area (Å²) in [6, 6.07) is 6.97. The summed E-state index contributed by atoms with van der Waals surface area (Å²) in [6.45, 7) is 1.85. The van der Waals surface area contributed by atoms with Crippen molar-refractivity contribution in [3.05, 3.63) is 30.1 Å². The molecule has 1 aliphatic heterocycles. The van der Waals surface area contributed by atoms with Gasteiger partial charge in [0.15, 0.2) is 11.6 Å². The van der Waals surface area contributed by atoms with E-state index in [0.717, 1.165) is 12.5 Å². The van der Waals surface area contributed by atoms with Crippen LogP contribution in [0.2, 0.25) is 0 Å². The molecule has 2 fully saturated rings. The predicted octanol–water partition coefficient (Wildman–Crippen LogP) is 3.22. The summed E-state index contributed by atoms with van der Waals surface area (Å²) >= 11 is 0. The molecule has 3 rings (SSSR count). The van der Waals surface area contributed by atoms with Gasteiger partial charge in [-0.2, -0.15) is 0 Å². The first kappa shape index (κ1) is 15.8. The number of β-amino-alcohol motifs (C(OH)–C–C–N with tert-alkyl or cyclic N) is 1. The minimum absolute atomic E-state index is 0.148. The van der Waals surface area contributed by atoms with Gasteiger partial charge >= 0.3 is 0 Å². The fourth-order valence-corrected chi connectivity index (χ4v) is 4.03. The zero-order chi connectivity index (χ0) is 15.4. The van der Waals surface area contributed by atoms with Crippen molar-refractivity contribution in [1.29, 1.82) is 0 Å². The molecule has 122 valence electrons. The molecule has 1 aromatic rings. The minimum Gasteiger partial charge on any atom is -0.488 e. The van der Waals surface area contributed by atoms with Crippen LogP contribution in [-0.2, 0) is 0 Å². The minimum atomic E-state index is -0.569. The molecule has 4 heteroatoms. The van der Waals surface area contributed by atoms with E-state index in [-0.39, 0.29) is 18.2 Å². The maximum atomic E-state index is 13.5. The molecule has 3 atom stereocenters. The number of hydrogen-bond donors (Lipinski definition) is 1. The topological polar surface area (TPSA) is 32.7 Å². The fourth-order valence-electron chi connectivity index (χ4n) is 4.03. The Morgan fingerprint density at radius 2 is 1.95 bits per heavy atom. The first-order valence-corrected chi connectivity index (χ1v) is 8.53. The zero-order valence-electron chi connectivity index (χ0n) is 13.1. The Morgan fingerprint density at radius 1 is 1.18 bits per heavy atom. The second-order valence-electron chi connectivity index (χ2n) is 6.64. The molecule has 1 heterocycles. The predicted molar refractivity (Wildman–Crippen MR) is 84.5 cm³/mol. The van der Waals surface area contributed by atoms with Crippen molar-refractivity contribution < 1.29 is 14.2 Å². The first-order chi connectivity index (χ1) is 10.7. The molecule has 2 aliphatic rings. The highest BCUT2D eigenvalue weighted by Crippen LogP contribution is 2.35. The third-order valence-electron chi connectivity index (χ3n) is 5.07. The van der Waals surface area contributed by atoms with Gasteiger partial charge in [0.1, 0.15) is 12.7 Å². The monoisotopic (exact) mass is 307 g/mol. The van der Waals surface area contributed by atoms with Crippen molar-refractivity contribution in [3.8, 4) is 5.75 Å². The second-order valence-corrected chi connectivity index (χ2v) is 6.64. The molecule has 0 radical (unpaired) electrons. The van der Waals surface area contributed by atoms with Crippen molar-refractivity contribution in [2.45, 2.75) is 50.7 Å². The van der Waals surface area contributed by atoms with Crippen LogP contribution in [0.1, 0.15) is 38.5 Å². The molecule has 0 aromatic heterocycles. The van der Waals surface area contributed by atoms with Gasteiger partial charge in [-0.25, -0.2) is 4.39 Å². The third-order valence-corrected chi connectivity index (χ3v) is 5.07. The Labute approximate surface area is 132 Å². The van der Waals surface area contributed by atoms with Crippen LogP contribution >= 0.6 is 0 Å². The van der Waals surface area contributed by atoms with Gasteiger partial charge in [0.25, 0.3) is 0 Å². The maximum absolute atomic E-state index is 13.5. The number of ether oxygens (including phenoxy) is 1. The van der Waals surface area contributed by atoms with Crippen LogP contribution in [-0.4, -0.2) is 41.8 Å². The van der Waals surface area contributed by atoms with Crippen molar-refractivity contribution in [2.75, 3.05) is 19.7 Å². The van der Waals surface area contributed by atoms with Crippen LogP contribution in [0.25, 0.3) is 0 Å². The molecule has 1 saturated heterocycles. The lowest BCUT2D eigenvalue weighted by atomic mass is 9.78. The number of para-hydroxylation sites is 1. The number of likely N-dealkylation sites (tertiary alicyclic amines) is 1. The summed E-state index contributed by atoms with van der Waals surface area (Å²) in [6.07, 6.45) is 7.24. The number of piperidine rings is 1. The van der Waals surface area contributed by atoms with E-state index in [1.807, 2.05) is 0 Å². The Kier molecular flexibility index (Phi) is 5.32. The number of rotatable bonds is 5. The third kappa shape index (κ3) is 3.79. The van der Waals surface area contributed by atoms with E-state index < -0.39 is 6.10 Å². The normalized spacial score (nSPS) is 27.2. The number of hydrogen-bond acceptors (Lipinski definition) is 3. The molecular weight excluding hydrogens is 281 g/mol. The van der Waals surface area contributed by atoms with Crippen molar-refractivity contribution in [3.63, 3.8) is 0 Å². The average molecular weight is 307 g/mol. The van der Waals surface area contributed by atoms with E-state index in [9.17, 15) is 9.50 Å². The number of nitrogens with zero attached hydrogens (tertiary/aromatic N) is 1. The maximum Gasteiger partial charge on any atom is 0.165 e.